The lowest BCUT2D eigenvalue weighted by atomic mass is 10.0. The molecule has 0 bridgehead atoms. The molecule has 56 heavy (non-hydrogen) atoms. The first-order chi connectivity index (χ1) is 27.1. The summed E-state index contributed by atoms with van der Waals surface area (Å²) in [4.78, 5) is 24.9. The molecule has 324 valence electrons. The number of allylic oxidation sites excluding steroid dienone is 11. The molecule has 0 N–H and O–H groups in total. The molecular formula is C47H84NO7P. The Labute approximate surface area is 344 Å². The van der Waals surface area contributed by atoms with Crippen LogP contribution in [-0.2, 0) is 27.9 Å². The van der Waals surface area contributed by atoms with Crippen molar-refractivity contribution in [3.63, 3.8) is 0 Å². The van der Waals surface area contributed by atoms with Gasteiger partial charge >= 0.3 is 5.97 Å². The topological polar surface area (TPSA) is 94.1 Å². The van der Waals surface area contributed by atoms with Gasteiger partial charge in [0.25, 0.3) is 7.82 Å². The van der Waals surface area contributed by atoms with Crippen LogP contribution in [0.5, 0.6) is 0 Å². The van der Waals surface area contributed by atoms with E-state index in [1.165, 1.54) is 128 Å². The van der Waals surface area contributed by atoms with Crippen LogP contribution in [-0.4, -0.2) is 70.7 Å². The summed E-state index contributed by atoms with van der Waals surface area (Å²) in [5.41, 5.74) is 0. The summed E-state index contributed by atoms with van der Waals surface area (Å²) in [5, 5.41) is 0. The molecule has 0 aromatic carbocycles. The van der Waals surface area contributed by atoms with Crippen molar-refractivity contribution in [1.29, 1.82) is 0 Å². The Balaban J connectivity index is 4.49. The molecule has 0 aromatic rings. The van der Waals surface area contributed by atoms with Crippen LogP contribution in [0.2, 0.25) is 0 Å². The number of unbranched alkanes of at least 4 members (excludes halogenated alkanes) is 20. The number of esters is 1. The maximum Gasteiger partial charge on any atom is 0.331 e. The molecule has 0 fully saturated rings. The highest BCUT2D eigenvalue weighted by molar-refractivity contribution is 7.45. The van der Waals surface area contributed by atoms with Crippen molar-refractivity contribution in [2.75, 3.05) is 54.1 Å². The second-order valence-electron chi connectivity index (χ2n) is 15.9. The average Bonchev–Trinajstić information content (AvgIpc) is 3.15. The monoisotopic (exact) mass is 806 g/mol. The Morgan fingerprint density at radius 2 is 1.02 bits per heavy atom. The van der Waals surface area contributed by atoms with Gasteiger partial charge in [-0.25, -0.2) is 4.79 Å². The maximum atomic E-state index is 12.6. The summed E-state index contributed by atoms with van der Waals surface area (Å²) in [7, 11) is 1.28. The van der Waals surface area contributed by atoms with E-state index in [0.29, 0.717) is 30.7 Å². The number of carbonyl (C=O) groups is 1. The lowest BCUT2D eigenvalue weighted by molar-refractivity contribution is -0.870. The molecule has 0 rings (SSSR count). The van der Waals surface area contributed by atoms with Gasteiger partial charge < -0.3 is 27.9 Å². The maximum absolute atomic E-state index is 12.6. The molecule has 0 amide bonds. The molecule has 0 radical (unpaired) electrons. The van der Waals surface area contributed by atoms with Crippen LogP contribution in [0.1, 0.15) is 162 Å². The van der Waals surface area contributed by atoms with Crippen molar-refractivity contribution in [3.8, 4) is 0 Å². The van der Waals surface area contributed by atoms with Crippen LogP contribution in [0.3, 0.4) is 0 Å². The van der Waals surface area contributed by atoms with Crippen molar-refractivity contribution in [1.82, 2.24) is 0 Å². The Morgan fingerprint density at radius 1 is 0.571 bits per heavy atom. The van der Waals surface area contributed by atoms with Crippen LogP contribution in [0, 0.1) is 0 Å². The summed E-state index contributed by atoms with van der Waals surface area (Å²) >= 11 is 0. The van der Waals surface area contributed by atoms with Crippen molar-refractivity contribution in [3.05, 3.63) is 72.9 Å². The van der Waals surface area contributed by atoms with E-state index in [9.17, 15) is 14.3 Å². The summed E-state index contributed by atoms with van der Waals surface area (Å²) in [6, 6.07) is 0. The first-order valence-corrected chi connectivity index (χ1v) is 23.7. The highest BCUT2D eigenvalue weighted by atomic mass is 31.2. The van der Waals surface area contributed by atoms with E-state index >= 15 is 0 Å². The largest absolute Gasteiger partial charge is 0.756 e. The van der Waals surface area contributed by atoms with Crippen molar-refractivity contribution in [2.45, 2.75) is 168 Å². The zero-order chi connectivity index (χ0) is 41.3. The number of rotatable bonds is 40. The van der Waals surface area contributed by atoms with Gasteiger partial charge in [-0.15, -0.1) is 0 Å². The van der Waals surface area contributed by atoms with Crippen LogP contribution >= 0.6 is 7.82 Å². The first-order valence-electron chi connectivity index (χ1n) is 22.3. The molecule has 0 aliphatic heterocycles. The molecule has 0 heterocycles. The third-order valence-corrected chi connectivity index (χ3v) is 10.2. The predicted molar refractivity (Wildman–Crippen MR) is 235 cm³/mol. The second-order valence-corrected chi connectivity index (χ2v) is 17.3. The van der Waals surface area contributed by atoms with Gasteiger partial charge in [0.2, 0.25) is 0 Å². The van der Waals surface area contributed by atoms with Gasteiger partial charge in [0.1, 0.15) is 19.3 Å². The molecule has 0 spiro atoms. The fourth-order valence-corrected chi connectivity index (χ4v) is 6.50. The fourth-order valence-electron chi connectivity index (χ4n) is 5.77. The summed E-state index contributed by atoms with van der Waals surface area (Å²) in [5.74, 6) is -0.587. The molecule has 2 unspecified atom stereocenters. The van der Waals surface area contributed by atoms with E-state index in [-0.39, 0.29) is 13.2 Å². The third kappa shape index (κ3) is 43.1. The molecule has 0 aromatic heterocycles. The number of hydrogen-bond acceptors (Lipinski definition) is 7. The van der Waals surface area contributed by atoms with Gasteiger partial charge in [-0.05, 0) is 19.3 Å². The molecular weight excluding hydrogens is 721 g/mol. The van der Waals surface area contributed by atoms with Gasteiger partial charge in [-0.2, -0.15) is 0 Å². The number of hydrogen-bond donors (Lipinski definition) is 0. The Bertz CT molecular complexity index is 1120. The lowest BCUT2D eigenvalue weighted by Crippen LogP contribution is -2.37. The van der Waals surface area contributed by atoms with E-state index in [1.807, 2.05) is 63.7 Å². The van der Waals surface area contributed by atoms with Crippen LogP contribution in [0.25, 0.3) is 0 Å². The number of likely N-dealkylation sites (N-methyl/N-ethyl adjacent to an activating group) is 1. The Morgan fingerprint density at radius 3 is 1.52 bits per heavy atom. The molecule has 0 saturated carbocycles. The van der Waals surface area contributed by atoms with Gasteiger partial charge in [0, 0.05) is 19.1 Å². The molecule has 0 aliphatic rings. The van der Waals surface area contributed by atoms with Crippen LogP contribution in [0.15, 0.2) is 72.9 Å². The van der Waals surface area contributed by atoms with Gasteiger partial charge in [-0.3, -0.25) is 4.57 Å². The predicted octanol–water partition coefficient (Wildman–Crippen LogP) is 12.5. The fraction of sp³-hybridized carbons (Fsp3) is 0.723. The Hall–Kier alpha value is -2.06. The second kappa shape index (κ2) is 39.8. The SMILES string of the molecule is CCCCCCCCC/C=C/C=C/C=C/C=C/C=C/C=C/C(=O)OC(CCOCCCCCCCCCCCCCCCC)COP(=O)([O-])OCC[N+](C)(C)C. The van der Waals surface area contributed by atoms with Gasteiger partial charge in [0.15, 0.2) is 0 Å². The number of nitrogens with zero attached hydrogens (tertiary/aromatic N) is 1. The summed E-state index contributed by atoms with van der Waals surface area (Å²) in [6.45, 7) is 5.64. The minimum absolute atomic E-state index is 0.00376. The van der Waals surface area contributed by atoms with E-state index in [0.717, 1.165) is 19.3 Å². The van der Waals surface area contributed by atoms with Gasteiger partial charge in [-0.1, -0.05) is 203 Å². The number of carbonyl (C=O) groups excluding carboxylic acids is 1. The van der Waals surface area contributed by atoms with E-state index in [1.54, 1.807) is 12.2 Å². The molecule has 9 heteroatoms. The highest BCUT2D eigenvalue weighted by Gasteiger charge is 2.19. The molecule has 0 aliphatic carbocycles. The molecule has 0 saturated heterocycles. The van der Waals surface area contributed by atoms with Crippen molar-refractivity contribution in [2.24, 2.45) is 0 Å². The van der Waals surface area contributed by atoms with E-state index in [2.05, 4.69) is 26.0 Å². The number of phosphoric ester groups is 1. The minimum Gasteiger partial charge on any atom is -0.756 e. The van der Waals surface area contributed by atoms with Crippen molar-refractivity contribution < 1.29 is 37.3 Å². The normalized spacial score (nSPS) is 14.5. The minimum atomic E-state index is -4.55. The summed E-state index contributed by atoms with van der Waals surface area (Å²) < 4.78 is 34.4. The standard InChI is InChI=1S/C47H84NO7P/c1-6-8-10-12-14-16-18-20-22-23-24-25-26-27-29-31-33-35-37-39-47(49)55-46(45-54-56(50,51)53-44-41-48(3,4)5)40-43-52-42-38-36-34-32-30-28-21-19-17-15-13-11-9-7-2/h22-27,29,31,33,35,37,39,46H,6-21,28,30,32,34,36,38,40-45H2,1-5H3/b23-22+,25-24+,27-26+,31-29+,35-33+,39-37+. The molecule has 8 nitrogen and oxygen atoms in total. The lowest BCUT2D eigenvalue weighted by Gasteiger charge is -2.28. The Kier molecular flexibility index (Phi) is 38.3. The van der Waals surface area contributed by atoms with Gasteiger partial charge in [0.05, 0.1) is 34.4 Å². The quantitative estimate of drug-likeness (QED) is 0.0152. The number of ether oxygens (including phenoxy) is 2. The smallest absolute Gasteiger partial charge is 0.331 e. The zero-order valence-corrected chi connectivity index (χ0v) is 37.5. The summed E-state index contributed by atoms with van der Waals surface area (Å²) in [6.07, 6.45) is 50.6. The van der Waals surface area contributed by atoms with Crippen molar-refractivity contribution >= 4 is 13.8 Å². The van der Waals surface area contributed by atoms with E-state index in [4.69, 9.17) is 18.5 Å². The van der Waals surface area contributed by atoms with E-state index < -0.39 is 19.9 Å². The molecule has 2 atom stereocenters. The van der Waals surface area contributed by atoms with Crippen LogP contribution in [0.4, 0.5) is 0 Å². The average molecular weight is 806 g/mol. The first kappa shape index (κ1) is 53.9. The van der Waals surface area contributed by atoms with Crippen LogP contribution < -0.4 is 4.89 Å². The number of quaternary nitrogens is 1. The number of phosphoric acid groups is 1. The zero-order valence-electron chi connectivity index (χ0n) is 36.6. The highest BCUT2D eigenvalue weighted by Crippen LogP contribution is 2.38. The third-order valence-electron chi connectivity index (χ3n) is 9.28.